The number of urea groups is 1. The molecule has 4 atom stereocenters. The molecule has 0 saturated carbocycles. The average Bonchev–Trinajstić information content (AvgIpc) is 2.47. The minimum atomic E-state index is -0.0879. The summed E-state index contributed by atoms with van der Waals surface area (Å²) in [7, 11) is 0. The van der Waals surface area contributed by atoms with Crippen LogP contribution in [-0.2, 0) is 0 Å². The van der Waals surface area contributed by atoms with Crippen molar-refractivity contribution in [3.8, 4) is 0 Å². The molecule has 0 aliphatic carbocycles. The summed E-state index contributed by atoms with van der Waals surface area (Å²) in [5, 5.41) is 5.38. The summed E-state index contributed by atoms with van der Waals surface area (Å²) >= 11 is 3.99. The van der Waals surface area contributed by atoms with E-state index in [-0.39, 0.29) is 6.03 Å². The standard InChI is InChI=1S/C15H30N4OS2/c1-5-13-11(3)21-9-7-18(13)16-15(20)17-19-8-10-22-12(4)14(19)6-2/h11-14H,5-10H2,1-4H3,(H2,16,17,20). The number of hydrogen-bond donors (Lipinski definition) is 2. The maximum atomic E-state index is 12.4. The van der Waals surface area contributed by atoms with Crippen LogP contribution in [0.3, 0.4) is 0 Å². The van der Waals surface area contributed by atoms with E-state index in [1.54, 1.807) is 0 Å². The minimum Gasteiger partial charge on any atom is -0.269 e. The van der Waals surface area contributed by atoms with Gasteiger partial charge in [-0.2, -0.15) is 23.5 Å². The Kier molecular flexibility index (Phi) is 7.18. The van der Waals surface area contributed by atoms with Gasteiger partial charge in [0.2, 0.25) is 0 Å². The molecule has 0 radical (unpaired) electrons. The van der Waals surface area contributed by atoms with Crippen molar-refractivity contribution in [3.63, 3.8) is 0 Å². The third-order valence-corrected chi connectivity index (χ3v) is 7.15. The number of hydrogen-bond acceptors (Lipinski definition) is 5. The summed E-state index contributed by atoms with van der Waals surface area (Å²) in [6.07, 6.45) is 2.12. The number of carbonyl (C=O) groups excluding carboxylic acids is 1. The van der Waals surface area contributed by atoms with Gasteiger partial charge in [-0.05, 0) is 12.8 Å². The van der Waals surface area contributed by atoms with Crippen LogP contribution in [0.15, 0.2) is 0 Å². The van der Waals surface area contributed by atoms with Crippen molar-refractivity contribution < 1.29 is 4.79 Å². The van der Waals surface area contributed by atoms with Gasteiger partial charge < -0.3 is 0 Å². The first-order valence-corrected chi connectivity index (χ1v) is 10.5. The SMILES string of the molecule is CCC1C(C)SCCN1NC(=O)NN1CCSC(C)C1CC. The molecule has 2 N–H and O–H groups in total. The van der Waals surface area contributed by atoms with Gasteiger partial charge in [-0.1, -0.05) is 27.7 Å². The molecular weight excluding hydrogens is 316 g/mol. The number of hydrazine groups is 2. The first-order chi connectivity index (χ1) is 10.6. The van der Waals surface area contributed by atoms with Crippen molar-refractivity contribution in [3.05, 3.63) is 0 Å². The Balaban J connectivity index is 1.88. The molecule has 2 amide bonds. The smallest absolute Gasteiger partial charge is 0.269 e. The highest BCUT2D eigenvalue weighted by Crippen LogP contribution is 2.26. The van der Waals surface area contributed by atoms with Crippen LogP contribution in [0.25, 0.3) is 0 Å². The van der Waals surface area contributed by atoms with E-state index in [9.17, 15) is 4.79 Å². The fourth-order valence-corrected chi connectivity index (χ4v) is 5.87. The molecule has 0 aromatic carbocycles. The minimum absolute atomic E-state index is 0.0879. The van der Waals surface area contributed by atoms with Gasteiger partial charge in [-0.3, -0.25) is 10.9 Å². The summed E-state index contributed by atoms with van der Waals surface area (Å²) in [6.45, 7) is 10.7. The fraction of sp³-hybridized carbons (Fsp3) is 0.933. The lowest BCUT2D eigenvalue weighted by molar-refractivity contribution is 0.0947. The molecule has 7 heteroatoms. The van der Waals surface area contributed by atoms with E-state index in [4.69, 9.17) is 0 Å². The Labute approximate surface area is 143 Å². The van der Waals surface area contributed by atoms with Crippen molar-refractivity contribution in [2.75, 3.05) is 24.6 Å². The van der Waals surface area contributed by atoms with Crippen LogP contribution in [0, 0.1) is 0 Å². The second-order valence-electron chi connectivity index (χ2n) is 6.04. The maximum absolute atomic E-state index is 12.4. The van der Waals surface area contributed by atoms with Crippen molar-refractivity contribution >= 4 is 29.6 Å². The summed E-state index contributed by atoms with van der Waals surface area (Å²) in [6, 6.07) is 0.750. The Bertz CT molecular complexity index is 339. The predicted molar refractivity (Wildman–Crippen MR) is 97.1 cm³/mol. The normalized spacial score (nSPS) is 34.4. The molecule has 5 nitrogen and oxygen atoms in total. The molecule has 2 aliphatic heterocycles. The summed E-state index contributed by atoms with van der Waals surface area (Å²) in [5.41, 5.74) is 6.16. The fourth-order valence-electron chi connectivity index (χ4n) is 3.40. The topological polar surface area (TPSA) is 47.6 Å². The van der Waals surface area contributed by atoms with Crippen LogP contribution < -0.4 is 10.9 Å². The second kappa shape index (κ2) is 8.66. The number of amides is 2. The lowest BCUT2D eigenvalue weighted by atomic mass is 10.1. The molecule has 0 aromatic rings. The molecule has 2 aliphatic rings. The number of nitrogens with one attached hydrogen (secondary N) is 2. The zero-order valence-corrected chi connectivity index (χ0v) is 15.8. The Morgan fingerprint density at radius 3 is 1.73 bits per heavy atom. The van der Waals surface area contributed by atoms with E-state index in [0.717, 1.165) is 37.4 Å². The van der Waals surface area contributed by atoms with Crippen molar-refractivity contribution in [2.24, 2.45) is 0 Å². The first-order valence-electron chi connectivity index (χ1n) is 8.40. The quantitative estimate of drug-likeness (QED) is 0.819. The van der Waals surface area contributed by atoms with Gasteiger partial charge in [0.1, 0.15) is 0 Å². The van der Waals surface area contributed by atoms with Crippen LogP contribution in [0.5, 0.6) is 0 Å². The van der Waals surface area contributed by atoms with Crippen LogP contribution in [0.4, 0.5) is 4.79 Å². The summed E-state index contributed by atoms with van der Waals surface area (Å²) in [4.78, 5) is 12.4. The molecule has 2 saturated heterocycles. The van der Waals surface area contributed by atoms with E-state index in [1.807, 2.05) is 23.5 Å². The van der Waals surface area contributed by atoms with Crippen LogP contribution >= 0.6 is 23.5 Å². The molecule has 2 fully saturated rings. The van der Waals surface area contributed by atoms with E-state index in [2.05, 4.69) is 48.6 Å². The number of carbonyl (C=O) groups is 1. The number of thioether (sulfide) groups is 2. The molecule has 2 rings (SSSR count). The zero-order chi connectivity index (χ0) is 16.1. The molecule has 0 bridgehead atoms. The van der Waals surface area contributed by atoms with Crippen molar-refractivity contribution in [1.82, 2.24) is 20.9 Å². The van der Waals surface area contributed by atoms with Crippen LogP contribution in [0.2, 0.25) is 0 Å². The predicted octanol–water partition coefficient (Wildman–Crippen LogP) is 2.55. The first kappa shape index (κ1) is 18.2. The summed E-state index contributed by atoms with van der Waals surface area (Å²) in [5.74, 6) is 2.15. The Hall–Kier alpha value is -0.110. The number of rotatable bonds is 4. The van der Waals surface area contributed by atoms with E-state index in [1.165, 1.54) is 0 Å². The van der Waals surface area contributed by atoms with Gasteiger partial charge in [0.15, 0.2) is 0 Å². The lowest BCUT2D eigenvalue weighted by Gasteiger charge is -2.41. The van der Waals surface area contributed by atoms with Crippen molar-refractivity contribution in [2.45, 2.75) is 63.1 Å². The van der Waals surface area contributed by atoms with Gasteiger partial charge in [-0.25, -0.2) is 14.8 Å². The highest BCUT2D eigenvalue weighted by molar-refractivity contribution is 8.00. The molecule has 22 heavy (non-hydrogen) atoms. The lowest BCUT2D eigenvalue weighted by Crippen LogP contribution is -2.62. The Morgan fingerprint density at radius 2 is 1.36 bits per heavy atom. The molecule has 2 heterocycles. The van der Waals surface area contributed by atoms with E-state index in [0.29, 0.717) is 22.6 Å². The Morgan fingerprint density at radius 1 is 0.955 bits per heavy atom. The van der Waals surface area contributed by atoms with Crippen LogP contribution in [-0.4, -0.2) is 63.2 Å². The van der Waals surface area contributed by atoms with Gasteiger partial charge in [0.05, 0.1) is 0 Å². The maximum Gasteiger partial charge on any atom is 0.343 e. The highest BCUT2D eigenvalue weighted by atomic mass is 32.2. The average molecular weight is 347 g/mol. The van der Waals surface area contributed by atoms with E-state index >= 15 is 0 Å². The summed E-state index contributed by atoms with van der Waals surface area (Å²) < 4.78 is 0. The number of nitrogens with zero attached hydrogens (tertiary/aromatic N) is 2. The largest absolute Gasteiger partial charge is 0.343 e. The second-order valence-corrected chi connectivity index (χ2v) is 9.01. The monoisotopic (exact) mass is 346 g/mol. The third kappa shape index (κ3) is 4.46. The van der Waals surface area contributed by atoms with Gasteiger partial charge in [0.25, 0.3) is 0 Å². The molecular formula is C15H30N4OS2. The van der Waals surface area contributed by atoms with E-state index < -0.39 is 0 Å². The molecule has 4 unspecified atom stereocenters. The molecule has 0 spiro atoms. The zero-order valence-electron chi connectivity index (χ0n) is 14.2. The molecule has 0 aromatic heterocycles. The van der Waals surface area contributed by atoms with Gasteiger partial charge in [0, 0.05) is 47.2 Å². The van der Waals surface area contributed by atoms with Crippen LogP contribution in [0.1, 0.15) is 40.5 Å². The van der Waals surface area contributed by atoms with Crippen molar-refractivity contribution in [1.29, 1.82) is 0 Å². The van der Waals surface area contributed by atoms with Gasteiger partial charge >= 0.3 is 6.03 Å². The van der Waals surface area contributed by atoms with Gasteiger partial charge in [-0.15, -0.1) is 0 Å². The third-order valence-electron chi connectivity index (χ3n) is 4.64. The molecule has 128 valence electrons. The highest BCUT2D eigenvalue weighted by Gasteiger charge is 2.31.